The molecule has 2 heterocycles. The van der Waals surface area contributed by atoms with Gasteiger partial charge in [-0.15, -0.1) is 0 Å². The molecule has 5 N–H and O–H groups in total. The van der Waals surface area contributed by atoms with Gasteiger partial charge in [0, 0.05) is 6.07 Å². The highest BCUT2D eigenvalue weighted by Crippen LogP contribution is 2.36. The van der Waals surface area contributed by atoms with Crippen molar-refractivity contribution >= 4 is 5.78 Å². The predicted molar refractivity (Wildman–Crippen MR) is 102 cm³/mol. The average molecular weight is 418 g/mol. The first-order valence-corrected chi connectivity index (χ1v) is 9.46. The molecular weight excluding hydrogens is 396 g/mol. The minimum Gasteiger partial charge on any atom is -0.508 e. The number of phenols is 1. The van der Waals surface area contributed by atoms with E-state index in [2.05, 4.69) is 0 Å². The minimum absolute atomic E-state index is 0.110. The summed E-state index contributed by atoms with van der Waals surface area (Å²) in [5.41, 5.74) is 1.09. The van der Waals surface area contributed by atoms with Gasteiger partial charge in [0.1, 0.15) is 48.3 Å². The van der Waals surface area contributed by atoms with Crippen LogP contribution in [0.25, 0.3) is 0 Å². The van der Waals surface area contributed by atoms with Gasteiger partial charge in [0.15, 0.2) is 5.78 Å². The predicted octanol–water partition coefficient (Wildman–Crippen LogP) is -0.0702. The molecule has 0 spiro atoms. The van der Waals surface area contributed by atoms with Crippen molar-refractivity contribution in [3.8, 4) is 17.2 Å². The Morgan fingerprint density at radius 1 is 1.00 bits per heavy atom. The first-order valence-electron chi connectivity index (χ1n) is 9.46. The van der Waals surface area contributed by atoms with Crippen LogP contribution in [-0.4, -0.2) is 75.2 Å². The Morgan fingerprint density at radius 2 is 1.73 bits per heavy atom. The molecule has 6 atom stereocenters. The van der Waals surface area contributed by atoms with Crippen molar-refractivity contribution < 1.29 is 44.5 Å². The zero-order valence-corrected chi connectivity index (χ0v) is 15.8. The molecule has 4 rings (SSSR count). The van der Waals surface area contributed by atoms with Crippen LogP contribution in [0.15, 0.2) is 42.5 Å². The van der Waals surface area contributed by atoms with Gasteiger partial charge in [-0.3, -0.25) is 4.79 Å². The standard InChI is InChI=1S/C21H22O9/c22-8-16-18(25)19(26)20(27)21(30-16)29-12-5-6-13-15(7-12)28-9-14(17(13)24)10-1-3-11(23)4-2-10/h1-7,14,16,18-23,25-27H,8-9H2/t14?,16-,18-,19+,20-,21-/m1/s1. The third-order valence-electron chi connectivity index (χ3n) is 5.34. The Morgan fingerprint density at radius 3 is 2.43 bits per heavy atom. The molecule has 9 heteroatoms. The molecule has 0 saturated carbocycles. The summed E-state index contributed by atoms with van der Waals surface area (Å²) < 4.78 is 16.6. The first kappa shape index (κ1) is 20.6. The minimum atomic E-state index is -1.55. The number of aliphatic hydroxyl groups excluding tert-OH is 4. The number of hydrogen-bond acceptors (Lipinski definition) is 9. The maximum Gasteiger partial charge on any atom is 0.229 e. The number of ether oxygens (including phenoxy) is 3. The second-order valence-electron chi connectivity index (χ2n) is 7.29. The molecule has 1 saturated heterocycles. The zero-order valence-electron chi connectivity index (χ0n) is 15.8. The Balaban J connectivity index is 1.51. The van der Waals surface area contributed by atoms with Crippen LogP contribution in [0.1, 0.15) is 21.8 Å². The number of hydrogen-bond donors (Lipinski definition) is 5. The number of rotatable bonds is 4. The quantitative estimate of drug-likeness (QED) is 0.460. The van der Waals surface area contributed by atoms with Gasteiger partial charge in [0.25, 0.3) is 0 Å². The van der Waals surface area contributed by atoms with Crippen molar-refractivity contribution in [3.05, 3.63) is 53.6 Å². The van der Waals surface area contributed by atoms with Gasteiger partial charge >= 0.3 is 0 Å². The van der Waals surface area contributed by atoms with E-state index in [1.165, 1.54) is 30.3 Å². The lowest BCUT2D eigenvalue weighted by molar-refractivity contribution is -0.277. The van der Waals surface area contributed by atoms with Gasteiger partial charge in [-0.25, -0.2) is 0 Å². The zero-order chi connectivity index (χ0) is 21.4. The van der Waals surface area contributed by atoms with E-state index in [1.807, 2.05) is 0 Å². The lowest BCUT2D eigenvalue weighted by atomic mass is 9.89. The van der Waals surface area contributed by atoms with E-state index in [4.69, 9.17) is 14.2 Å². The van der Waals surface area contributed by atoms with Crippen LogP contribution in [0, 0.1) is 0 Å². The van der Waals surface area contributed by atoms with E-state index < -0.39 is 43.2 Å². The number of carbonyl (C=O) groups is 1. The molecule has 0 aromatic heterocycles. The summed E-state index contributed by atoms with van der Waals surface area (Å²) in [6.45, 7) is -0.453. The lowest BCUT2D eigenvalue weighted by Gasteiger charge is -2.39. The second-order valence-corrected chi connectivity index (χ2v) is 7.29. The average Bonchev–Trinajstić information content (AvgIpc) is 2.75. The molecule has 0 radical (unpaired) electrons. The number of carbonyl (C=O) groups excluding carboxylic acids is 1. The van der Waals surface area contributed by atoms with Gasteiger partial charge in [0.05, 0.1) is 18.1 Å². The molecule has 2 aromatic carbocycles. The number of phenolic OH excluding ortho intramolecular Hbond substituents is 1. The van der Waals surface area contributed by atoms with Crippen LogP contribution in [0.2, 0.25) is 0 Å². The normalized spacial score (nSPS) is 31.0. The van der Waals surface area contributed by atoms with Crippen molar-refractivity contribution in [3.63, 3.8) is 0 Å². The Kier molecular flexibility index (Phi) is 5.63. The lowest BCUT2D eigenvalue weighted by Crippen LogP contribution is -2.60. The maximum atomic E-state index is 12.9. The van der Waals surface area contributed by atoms with Crippen LogP contribution in [0.4, 0.5) is 0 Å². The Labute approximate surface area is 171 Å². The van der Waals surface area contributed by atoms with Gasteiger partial charge < -0.3 is 39.7 Å². The second kappa shape index (κ2) is 8.21. The molecule has 1 fully saturated rings. The summed E-state index contributed by atoms with van der Waals surface area (Å²) in [6, 6.07) is 10.9. The fourth-order valence-corrected chi connectivity index (χ4v) is 3.59. The molecule has 2 aliphatic heterocycles. The van der Waals surface area contributed by atoms with Crippen LogP contribution in [0.5, 0.6) is 17.2 Å². The van der Waals surface area contributed by atoms with Crippen LogP contribution >= 0.6 is 0 Å². The summed E-state index contributed by atoms with van der Waals surface area (Å²) in [5, 5.41) is 48.5. The van der Waals surface area contributed by atoms with E-state index >= 15 is 0 Å². The molecule has 1 unspecified atom stereocenters. The van der Waals surface area contributed by atoms with E-state index in [1.54, 1.807) is 12.1 Å². The highest BCUT2D eigenvalue weighted by molar-refractivity contribution is 6.04. The molecule has 0 aliphatic carbocycles. The summed E-state index contributed by atoms with van der Waals surface area (Å²) >= 11 is 0. The maximum absolute atomic E-state index is 12.9. The van der Waals surface area contributed by atoms with Gasteiger partial charge in [-0.05, 0) is 29.8 Å². The molecule has 2 aromatic rings. The summed E-state index contributed by atoms with van der Waals surface area (Å²) in [7, 11) is 0. The largest absolute Gasteiger partial charge is 0.508 e. The SMILES string of the molecule is O=C1c2ccc(O[C@@H]3O[C@H](CO)[C@@H](O)[C@H](O)[C@H]3O)cc2OCC1c1ccc(O)cc1. The van der Waals surface area contributed by atoms with E-state index in [-0.39, 0.29) is 23.9 Å². The molecule has 30 heavy (non-hydrogen) atoms. The van der Waals surface area contributed by atoms with Crippen LogP contribution in [-0.2, 0) is 4.74 Å². The van der Waals surface area contributed by atoms with Crippen molar-refractivity contribution in [2.45, 2.75) is 36.6 Å². The van der Waals surface area contributed by atoms with E-state index in [0.717, 1.165) is 5.56 Å². The third-order valence-corrected chi connectivity index (χ3v) is 5.34. The van der Waals surface area contributed by atoms with Crippen molar-refractivity contribution in [2.75, 3.05) is 13.2 Å². The Bertz CT molecular complexity index is 911. The van der Waals surface area contributed by atoms with Crippen LogP contribution in [0.3, 0.4) is 0 Å². The number of ketones is 1. The summed E-state index contributed by atoms with van der Waals surface area (Å²) in [5.74, 6) is -0.0129. The molecule has 160 valence electrons. The molecule has 0 amide bonds. The van der Waals surface area contributed by atoms with E-state index in [0.29, 0.717) is 11.3 Å². The highest BCUT2D eigenvalue weighted by atomic mass is 16.7. The Hall–Kier alpha value is -2.69. The first-order chi connectivity index (χ1) is 14.4. The number of aliphatic hydroxyl groups is 4. The fourth-order valence-electron chi connectivity index (χ4n) is 3.59. The van der Waals surface area contributed by atoms with E-state index in [9.17, 15) is 30.3 Å². The van der Waals surface area contributed by atoms with Gasteiger partial charge in [-0.1, -0.05) is 12.1 Å². The third kappa shape index (κ3) is 3.73. The summed E-state index contributed by atoms with van der Waals surface area (Å²) in [6.07, 6.45) is -6.99. The number of Topliss-reactive ketones (excluding diaryl/α,β-unsaturated/α-hetero) is 1. The van der Waals surface area contributed by atoms with Crippen molar-refractivity contribution in [1.82, 2.24) is 0 Å². The fraction of sp³-hybridized carbons (Fsp3) is 0.381. The highest BCUT2D eigenvalue weighted by Gasteiger charge is 2.44. The molecular formula is C21H22O9. The smallest absolute Gasteiger partial charge is 0.229 e. The molecule has 2 aliphatic rings. The van der Waals surface area contributed by atoms with Gasteiger partial charge in [0.2, 0.25) is 6.29 Å². The summed E-state index contributed by atoms with van der Waals surface area (Å²) in [4.78, 5) is 12.9. The molecule has 9 nitrogen and oxygen atoms in total. The van der Waals surface area contributed by atoms with Crippen molar-refractivity contribution in [1.29, 1.82) is 0 Å². The van der Waals surface area contributed by atoms with Crippen LogP contribution < -0.4 is 9.47 Å². The number of fused-ring (bicyclic) bond motifs is 1. The van der Waals surface area contributed by atoms with Crippen molar-refractivity contribution in [2.24, 2.45) is 0 Å². The van der Waals surface area contributed by atoms with Gasteiger partial charge in [-0.2, -0.15) is 0 Å². The number of aromatic hydroxyl groups is 1. The topological polar surface area (TPSA) is 146 Å². The molecule has 0 bridgehead atoms. The number of benzene rings is 2. The monoisotopic (exact) mass is 418 g/mol.